The van der Waals surface area contributed by atoms with Crippen molar-refractivity contribution in [3.8, 4) is 0 Å². The minimum Gasteiger partial charge on any atom is -0.324 e. The lowest BCUT2D eigenvalue weighted by molar-refractivity contribution is -0.117. The van der Waals surface area contributed by atoms with Crippen LogP contribution in [-0.4, -0.2) is 44.5 Å². The molecule has 100 valence electrons. The summed E-state index contributed by atoms with van der Waals surface area (Å²) in [5.74, 6) is -0.113. The lowest BCUT2D eigenvalue weighted by Gasteiger charge is -2.16. The van der Waals surface area contributed by atoms with Gasteiger partial charge >= 0.3 is 0 Å². The zero-order valence-corrected chi connectivity index (χ0v) is 12.0. The average Bonchev–Trinajstić information content (AvgIpc) is 2.31. The first-order chi connectivity index (χ1) is 8.52. The molecule has 0 aliphatic heterocycles. The van der Waals surface area contributed by atoms with Gasteiger partial charge < -0.3 is 10.6 Å². The number of anilines is 1. The zero-order chi connectivity index (χ0) is 13.5. The highest BCUT2D eigenvalue weighted by molar-refractivity contribution is 6.35. The van der Waals surface area contributed by atoms with E-state index < -0.39 is 0 Å². The fourth-order valence-electron chi connectivity index (χ4n) is 1.41. The number of amides is 1. The molecule has 0 aliphatic carbocycles. The first kappa shape index (κ1) is 15.2. The summed E-state index contributed by atoms with van der Waals surface area (Å²) in [6.07, 6.45) is 0. The molecule has 0 spiro atoms. The SMILES string of the molecule is CNCCN(C)CC(=O)Nc1cc(Cl)ccc1Cl. The van der Waals surface area contributed by atoms with Gasteiger partial charge in [0.05, 0.1) is 17.3 Å². The van der Waals surface area contributed by atoms with Crippen LogP contribution < -0.4 is 10.6 Å². The van der Waals surface area contributed by atoms with Crippen molar-refractivity contribution in [1.82, 2.24) is 10.2 Å². The number of carbonyl (C=O) groups excluding carboxylic acids is 1. The number of likely N-dealkylation sites (N-methyl/N-ethyl adjacent to an activating group) is 2. The minimum atomic E-state index is -0.113. The lowest BCUT2D eigenvalue weighted by atomic mass is 10.3. The monoisotopic (exact) mass is 289 g/mol. The van der Waals surface area contributed by atoms with Crippen LogP contribution in [0.3, 0.4) is 0 Å². The topological polar surface area (TPSA) is 44.4 Å². The number of nitrogens with one attached hydrogen (secondary N) is 2. The van der Waals surface area contributed by atoms with Crippen molar-refractivity contribution in [1.29, 1.82) is 0 Å². The quantitative estimate of drug-likeness (QED) is 0.843. The van der Waals surface area contributed by atoms with Gasteiger partial charge in [-0.25, -0.2) is 0 Å². The second kappa shape index (κ2) is 7.59. The standard InChI is InChI=1S/C12H17Cl2N3O/c1-15-5-6-17(2)8-12(18)16-11-7-9(13)3-4-10(11)14/h3-4,7,15H,5-6,8H2,1-2H3,(H,16,18). The molecule has 6 heteroatoms. The van der Waals surface area contributed by atoms with Crippen molar-refractivity contribution < 1.29 is 4.79 Å². The summed E-state index contributed by atoms with van der Waals surface area (Å²) >= 11 is 11.8. The number of hydrogen-bond acceptors (Lipinski definition) is 3. The highest BCUT2D eigenvalue weighted by Crippen LogP contribution is 2.25. The normalized spacial score (nSPS) is 10.7. The fraction of sp³-hybridized carbons (Fsp3) is 0.417. The molecule has 1 aromatic rings. The number of hydrogen-bond donors (Lipinski definition) is 2. The van der Waals surface area contributed by atoms with Gasteiger partial charge in [-0.1, -0.05) is 23.2 Å². The smallest absolute Gasteiger partial charge is 0.238 e. The van der Waals surface area contributed by atoms with Crippen LogP contribution in [0.2, 0.25) is 10.0 Å². The molecule has 0 heterocycles. The van der Waals surface area contributed by atoms with E-state index in [-0.39, 0.29) is 5.91 Å². The second-order valence-electron chi connectivity index (χ2n) is 4.01. The van der Waals surface area contributed by atoms with Gasteiger partial charge in [-0.3, -0.25) is 9.69 Å². The van der Waals surface area contributed by atoms with Gasteiger partial charge in [0.2, 0.25) is 5.91 Å². The summed E-state index contributed by atoms with van der Waals surface area (Å²) in [4.78, 5) is 13.7. The van der Waals surface area contributed by atoms with E-state index in [1.807, 2.05) is 19.0 Å². The second-order valence-corrected chi connectivity index (χ2v) is 4.86. The third-order valence-electron chi connectivity index (χ3n) is 2.36. The van der Waals surface area contributed by atoms with Gasteiger partial charge in [-0.2, -0.15) is 0 Å². The third-order valence-corrected chi connectivity index (χ3v) is 2.92. The summed E-state index contributed by atoms with van der Waals surface area (Å²) < 4.78 is 0. The molecule has 4 nitrogen and oxygen atoms in total. The molecule has 0 saturated heterocycles. The predicted octanol–water partition coefficient (Wildman–Crippen LogP) is 2.08. The zero-order valence-electron chi connectivity index (χ0n) is 10.5. The van der Waals surface area contributed by atoms with Crippen molar-refractivity contribution in [3.05, 3.63) is 28.2 Å². The Morgan fingerprint density at radius 1 is 1.39 bits per heavy atom. The molecule has 1 aromatic carbocycles. The van der Waals surface area contributed by atoms with E-state index in [1.165, 1.54) is 0 Å². The molecule has 0 atom stereocenters. The van der Waals surface area contributed by atoms with Crippen LogP contribution in [-0.2, 0) is 4.79 Å². The van der Waals surface area contributed by atoms with Gasteiger partial charge in [-0.05, 0) is 32.3 Å². The van der Waals surface area contributed by atoms with E-state index in [2.05, 4.69) is 10.6 Å². The Morgan fingerprint density at radius 3 is 2.78 bits per heavy atom. The summed E-state index contributed by atoms with van der Waals surface area (Å²) in [7, 11) is 3.76. The number of benzene rings is 1. The molecular weight excluding hydrogens is 273 g/mol. The molecule has 1 amide bonds. The van der Waals surface area contributed by atoms with Crippen molar-refractivity contribution in [3.63, 3.8) is 0 Å². The average molecular weight is 290 g/mol. The molecule has 18 heavy (non-hydrogen) atoms. The van der Waals surface area contributed by atoms with Crippen LogP contribution in [0.15, 0.2) is 18.2 Å². The van der Waals surface area contributed by atoms with Gasteiger partial charge in [-0.15, -0.1) is 0 Å². The van der Waals surface area contributed by atoms with Gasteiger partial charge in [0.1, 0.15) is 0 Å². The molecule has 0 radical (unpaired) electrons. The maximum absolute atomic E-state index is 11.8. The van der Waals surface area contributed by atoms with Crippen molar-refractivity contribution in [2.45, 2.75) is 0 Å². The molecule has 0 unspecified atom stereocenters. The summed E-state index contributed by atoms with van der Waals surface area (Å²) in [6, 6.07) is 4.97. The van der Waals surface area contributed by atoms with Crippen LogP contribution in [0, 0.1) is 0 Å². The molecule has 2 N–H and O–H groups in total. The molecule has 0 aromatic heterocycles. The molecule has 0 aliphatic rings. The van der Waals surface area contributed by atoms with Gasteiger partial charge in [0, 0.05) is 18.1 Å². The number of carbonyl (C=O) groups is 1. The van der Waals surface area contributed by atoms with Crippen molar-refractivity contribution in [2.24, 2.45) is 0 Å². The first-order valence-electron chi connectivity index (χ1n) is 5.61. The number of rotatable bonds is 6. The maximum atomic E-state index is 11.8. The van der Waals surface area contributed by atoms with E-state index in [1.54, 1.807) is 18.2 Å². The Morgan fingerprint density at radius 2 is 2.11 bits per heavy atom. The van der Waals surface area contributed by atoms with Crippen LogP contribution in [0.5, 0.6) is 0 Å². The Bertz CT molecular complexity index is 412. The molecule has 0 saturated carbocycles. The van der Waals surface area contributed by atoms with Crippen LogP contribution in [0.25, 0.3) is 0 Å². The highest BCUT2D eigenvalue weighted by Gasteiger charge is 2.09. The van der Waals surface area contributed by atoms with Crippen molar-refractivity contribution >= 4 is 34.8 Å². The number of nitrogens with zero attached hydrogens (tertiary/aromatic N) is 1. The van der Waals surface area contributed by atoms with Gasteiger partial charge in [0.25, 0.3) is 0 Å². The maximum Gasteiger partial charge on any atom is 0.238 e. The summed E-state index contributed by atoms with van der Waals surface area (Å²) in [5.41, 5.74) is 0.538. The third kappa shape index (κ3) is 5.23. The first-order valence-corrected chi connectivity index (χ1v) is 6.36. The Hall–Kier alpha value is -0.810. The molecule has 0 bridgehead atoms. The Labute approximate surface area is 117 Å². The lowest BCUT2D eigenvalue weighted by Crippen LogP contribution is -2.34. The minimum absolute atomic E-state index is 0.113. The Balaban J connectivity index is 2.51. The summed E-state index contributed by atoms with van der Waals surface area (Å²) in [5, 5.41) is 6.78. The van der Waals surface area contributed by atoms with Crippen molar-refractivity contribution in [2.75, 3.05) is 39.0 Å². The fourth-order valence-corrected chi connectivity index (χ4v) is 1.75. The van der Waals surface area contributed by atoms with E-state index in [0.29, 0.717) is 22.3 Å². The molecular formula is C12H17Cl2N3O. The Kier molecular flexibility index (Phi) is 6.43. The van der Waals surface area contributed by atoms with Crippen LogP contribution in [0.4, 0.5) is 5.69 Å². The summed E-state index contributed by atoms with van der Waals surface area (Å²) in [6.45, 7) is 1.94. The van der Waals surface area contributed by atoms with E-state index in [9.17, 15) is 4.79 Å². The molecule has 1 rings (SSSR count). The largest absolute Gasteiger partial charge is 0.324 e. The van der Waals surface area contributed by atoms with E-state index in [0.717, 1.165) is 13.1 Å². The predicted molar refractivity (Wildman–Crippen MR) is 76.5 cm³/mol. The van der Waals surface area contributed by atoms with Gasteiger partial charge in [0.15, 0.2) is 0 Å². The van der Waals surface area contributed by atoms with Crippen LogP contribution in [0.1, 0.15) is 0 Å². The van der Waals surface area contributed by atoms with Crippen LogP contribution >= 0.6 is 23.2 Å². The molecule has 0 fully saturated rings. The van der Waals surface area contributed by atoms with E-state index in [4.69, 9.17) is 23.2 Å². The highest BCUT2D eigenvalue weighted by atomic mass is 35.5. The van der Waals surface area contributed by atoms with E-state index >= 15 is 0 Å². The number of halogens is 2.